The van der Waals surface area contributed by atoms with E-state index in [9.17, 15) is 14.4 Å². The summed E-state index contributed by atoms with van der Waals surface area (Å²) in [5, 5.41) is 5.62. The van der Waals surface area contributed by atoms with Crippen LogP contribution in [-0.4, -0.2) is 81.3 Å². The number of ether oxygens (including phenoxy) is 3. The van der Waals surface area contributed by atoms with Crippen LogP contribution in [0.5, 0.6) is 11.5 Å². The predicted molar refractivity (Wildman–Crippen MR) is 129 cm³/mol. The molecule has 3 heterocycles. The lowest BCUT2D eigenvalue weighted by Gasteiger charge is -2.36. The van der Waals surface area contributed by atoms with Crippen LogP contribution in [0, 0.1) is 0 Å². The SMILES string of the molecule is CCOC(=O)C1=C(CN2CCN(C(=O)c3ccco3)CC2)NC(=O)NC1c1ccc(OC)c(OC)c1. The highest BCUT2D eigenvalue weighted by Crippen LogP contribution is 2.34. The molecule has 11 nitrogen and oxygen atoms in total. The van der Waals surface area contributed by atoms with E-state index in [1.165, 1.54) is 20.5 Å². The average Bonchev–Trinajstić information content (AvgIpc) is 3.43. The zero-order valence-corrected chi connectivity index (χ0v) is 20.5. The fourth-order valence-corrected chi connectivity index (χ4v) is 4.36. The molecule has 4 rings (SSSR count). The largest absolute Gasteiger partial charge is 0.493 e. The highest BCUT2D eigenvalue weighted by Gasteiger charge is 2.35. The van der Waals surface area contributed by atoms with Gasteiger partial charge in [0, 0.05) is 38.4 Å². The summed E-state index contributed by atoms with van der Waals surface area (Å²) < 4.78 is 21.3. The van der Waals surface area contributed by atoms with Crippen molar-refractivity contribution in [3.05, 3.63) is 59.2 Å². The minimum atomic E-state index is -0.741. The van der Waals surface area contributed by atoms with Crippen molar-refractivity contribution in [2.24, 2.45) is 0 Å². The average molecular weight is 499 g/mol. The van der Waals surface area contributed by atoms with E-state index in [0.29, 0.717) is 66.8 Å². The highest BCUT2D eigenvalue weighted by atomic mass is 16.5. The number of esters is 1. The Hall–Kier alpha value is -3.99. The summed E-state index contributed by atoms with van der Waals surface area (Å²) in [6.07, 6.45) is 1.47. The van der Waals surface area contributed by atoms with Gasteiger partial charge in [0.25, 0.3) is 5.91 Å². The van der Waals surface area contributed by atoms with E-state index in [1.807, 2.05) is 0 Å². The number of hydrogen-bond acceptors (Lipinski definition) is 8. The molecule has 2 N–H and O–H groups in total. The number of carbonyl (C=O) groups is 3. The number of benzene rings is 1. The smallest absolute Gasteiger partial charge is 0.338 e. The molecule has 192 valence electrons. The lowest BCUT2D eigenvalue weighted by atomic mass is 9.94. The number of methoxy groups -OCH3 is 2. The van der Waals surface area contributed by atoms with E-state index < -0.39 is 18.0 Å². The molecule has 1 unspecified atom stereocenters. The van der Waals surface area contributed by atoms with E-state index in [2.05, 4.69) is 15.5 Å². The number of urea groups is 1. The molecule has 1 atom stereocenters. The Bertz CT molecular complexity index is 1140. The summed E-state index contributed by atoms with van der Waals surface area (Å²) >= 11 is 0. The molecule has 2 aliphatic heterocycles. The summed E-state index contributed by atoms with van der Waals surface area (Å²) in [5.74, 6) is 0.635. The first-order valence-corrected chi connectivity index (χ1v) is 11.7. The van der Waals surface area contributed by atoms with Crippen LogP contribution >= 0.6 is 0 Å². The first kappa shape index (κ1) is 25.1. The van der Waals surface area contributed by atoms with Gasteiger partial charge >= 0.3 is 12.0 Å². The summed E-state index contributed by atoms with van der Waals surface area (Å²) in [6.45, 7) is 4.35. The Kier molecular flexibility index (Phi) is 7.79. The molecular weight excluding hydrogens is 468 g/mol. The van der Waals surface area contributed by atoms with Gasteiger partial charge in [-0.3, -0.25) is 9.69 Å². The van der Waals surface area contributed by atoms with Crippen LogP contribution in [0.3, 0.4) is 0 Å². The topological polar surface area (TPSA) is 123 Å². The monoisotopic (exact) mass is 498 g/mol. The van der Waals surface area contributed by atoms with Gasteiger partial charge in [-0.2, -0.15) is 0 Å². The summed E-state index contributed by atoms with van der Waals surface area (Å²) in [6, 6.07) is 7.38. The van der Waals surface area contributed by atoms with Gasteiger partial charge < -0.3 is 34.2 Å². The molecule has 0 spiro atoms. The molecule has 0 bridgehead atoms. The number of amides is 3. The zero-order chi connectivity index (χ0) is 25.7. The lowest BCUT2D eigenvalue weighted by molar-refractivity contribution is -0.139. The third-order valence-corrected chi connectivity index (χ3v) is 6.16. The van der Waals surface area contributed by atoms with E-state index in [4.69, 9.17) is 18.6 Å². The summed E-state index contributed by atoms with van der Waals surface area (Å²) in [5.41, 5.74) is 1.43. The molecule has 2 aromatic rings. The second-order valence-electron chi connectivity index (χ2n) is 8.30. The molecule has 1 aromatic heterocycles. The molecule has 1 fully saturated rings. The van der Waals surface area contributed by atoms with Crippen molar-refractivity contribution < 1.29 is 33.0 Å². The zero-order valence-electron chi connectivity index (χ0n) is 20.5. The number of piperazine rings is 1. The van der Waals surface area contributed by atoms with Crippen LogP contribution in [0.1, 0.15) is 29.1 Å². The second-order valence-corrected chi connectivity index (χ2v) is 8.30. The number of rotatable bonds is 8. The molecule has 3 amide bonds. The Balaban J connectivity index is 1.57. The van der Waals surface area contributed by atoms with Crippen LogP contribution in [0.25, 0.3) is 0 Å². The Morgan fingerprint density at radius 3 is 2.47 bits per heavy atom. The van der Waals surface area contributed by atoms with Crippen LogP contribution in [-0.2, 0) is 9.53 Å². The predicted octanol–water partition coefficient (Wildman–Crippen LogP) is 1.93. The van der Waals surface area contributed by atoms with Gasteiger partial charge in [0.1, 0.15) is 0 Å². The molecule has 11 heteroatoms. The Morgan fingerprint density at radius 2 is 1.83 bits per heavy atom. The molecular formula is C25H30N4O7. The van der Waals surface area contributed by atoms with Gasteiger partial charge in [0.05, 0.1) is 38.7 Å². The maximum absolute atomic E-state index is 13.1. The minimum absolute atomic E-state index is 0.158. The minimum Gasteiger partial charge on any atom is -0.493 e. The highest BCUT2D eigenvalue weighted by molar-refractivity contribution is 5.95. The van der Waals surface area contributed by atoms with Gasteiger partial charge in [0.15, 0.2) is 17.3 Å². The standard InChI is InChI=1S/C25H30N4O7/c1-4-35-24(31)21-17(15-28-9-11-29(12-10-28)23(30)19-6-5-13-36-19)26-25(32)27-22(21)16-7-8-18(33-2)20(14-16)34-3/h5-8,13-14,22H,4,9-12,15H2,1-3H3,(H2,26,27,32). The normalized spacial score (nSPS) is 18.4. The van der Waals surface area contributed by atoms with E-state index in [1.54, 1.807) is 42.2 Å². The second kappa shape index (κ2) is 11.2. The molecule has 0 radical (unpaired) electrons. The van der Waals surface area contributed by atoms with Crippen molar-refractivity contribution in [1.82, 2.24) is 20.4 Å². The summed E-state index contributed by atoms with van der Waals surface area (Å²) in [7, 11) is 3.06. The summed E-state index contributed by atoms with van der Waals surface area (Å²) in [4.78, 5) is 42.1. The van der Waals surface area contributed by atoms with E-state index in [-0.39, 0.29) is 12.5 Å². The van der Waals surface area contributed by atoms with Gasteiger partial charge in [-0.15, -0.1) is 0 Å². The number of carbonyl (C=O) groups excluding carboxylic acids is 3. The molecule has 1 aromatic carbocycles. The van der Waals surface area contributed by atoms with Crippen molar-refractivity contribution in [1.29, 1.82) is 0 Å². The maximum atomic E-state index is 13.1. The van der Waals surface area contributed by atoms with Gasteiger partial charge in [-0.25, -0.2) is 9.59 Å². The van der Waals surface area contributed by atoms with Crippen LogP contribution < -0.4 is 20.1 Å². The first-order valence-electron chi connectivity index (χ1n) is 11.7. The van der Waals surface area contributed by atoms with Crippen LogP contribution in [0.4, 0.5) is 4.79 Å². The van der Waals surface area contributed by atoms with Crippen LogP contribution in [0.2, 0.25) is 0 Å². The first-order chi connectivity index (χ1) is 17.4. The van der Waals surface area contributed by atoms with Crippen molar-refractivity contribution >= 4 is 17.9 Å². The van der Waals surface area contributed by atoms with E-state index in [0.717, 1.165) is 0 Å². The van der Waals surface area contributed by atoms with Crippen molar-refractivity contribution in [3.63, 3.8) is 0 Å². The number of hydrogen-bond donors (Lipinski definition) is 2. The fourth-order valence-electron chi connectivity index (χ4n) is 4.36. The lowest BCUT2D eigenvalue weighted by Crippen LogP contribution is -2.52. The fraction of sp³-hybridized carbons (Fsp3) is 0.400. The number of nitrogens with one attached hydrogen (secondary N) is 2. The number of furan rings is 1. The van der Waals surface area contributed by atoms with Crippen molar-refractivity contribution in [2.75, 3.05) is 53.6 Å². The molecule has 1 saturated heterocycles. The van der Waals surface area contributed by atoms with Crippen molar-refractivity contribution in [3.8, 4) is 11.5 Å². The Labute approximate surface area is 209 Å². The van der Waals surface area contributed by atoms with Gasteiger partial charge in [-0.1, -0.05) is 6.07 Å². The van der Waals surface area contributed by atoms with Crippen LogP contribution in [0.15, 0.2) is 52.3 Å². The Morgan fingerprint density at radius 1 is 1.08 bits per heavy atom. The molecule has 0 saturated carbocycles. The molecule has 36 heavy (non-hydrogen) atoms. The maximum Gasteiger partial charge on any atom is 0.338 e. The molecule has 2 aliphatic rings. The third-order valence-electron chi connectivity index (χ3n) is 6.16. The molecule has 0 aliphatic carbocycles. The van der Waals surface area contributed by atoms with E-state index >= 15 is 0 Å². The quantitative estimate of drug-likeness (QED) is 0.530. The third kappa shape index (κ3) is 5.30. The van der Waals surface area contributed by atoms with Gasteiger partial charge in [-0.05, 0) is 36.8 Å². The number of nitrogens with zero attached hydrogens (tertiary/aromatic N) is 2. The van der Waals surface area contributed by atoms with Gasteiger partial charge in [0.2, 0.25) is 0 Å². The van der Waals surface area contributed by atoms with Crippen molar-refractivity contribution in [2.45, 2.75) is 13.0 Å².